The average Bonchev–Trinajstić information content (AvgIpc) is 3.35. The molecule has 0 aliphatic rings. The van der Waals surface area contributed by atoms with Crippen molar-refractivity contribution in [2.75, 3.05) is 26.4 Å². The smallest absolute Gasteiger partial charge is 0.462 e. The van der Waals surface area contributed by atoms with Gasteiger partial charge in [0.1, 0.15) is 12.7 Å². The number of allylic oxidation sites excluding steroid dienone is 6. The SMILES string of the molecule is CCCCC/C=C\C/C=C\CCCCCCCCCC(=O)OC(COC(=O)CCCCCCCCC/C=C\CCCCCCCC)COP(=O)(O)OCC(CO)OC(=O)CCCCCCCCCCC. The van der Waals surface area contributed by atoms with Crippen molar-refractivity contribution in [1.29, 1.82) is 0 Å². The number of rotatable bonds is 54. The molecule has 0 aromatic heterocycles. The average molecular weight is 1010 g/mol. The summed E-state index contributed by atoms with van der Waals surface area (Å²) in [6.45, 7) is 4.61. The molecule has 410 valence electrons. The van der Waals surface area contributed by atoms with Crippen LogP contribution in [-0.2, 0) is 42.2 Å². The van der Waals surface area contributed by atoms with E-state index in [9.17, 15) is 28.9 Å². The second kappa shape index (κ2) is 53.0. The van der Waals surface area contributed by atoms with Gasteiger partial charge in [0, 0.05) is 19.3 Å². The third kappa shape index (κ3) is 50.6. The molecule has 0 rings (SSSR count). The molecule has 3 atom stereocenters. The molecule has 0 aliphatic heterocycles. The van der Waals surface area contributed by atoms with Gasteiger partial charge in [-0.3, -0.25) is 23.4 Å². The number of hydrogen-bond acceptors (Lipinski definition) is 10. The van der Waals surface area contributed by atoms with Gasteiger partial charge in [0.2, 0.25) is 0 Å². The van der Waals surface area contributed by atoms with Gasteiger partial charge in [-0.2, -0.15) is 0 Å². The summed E-state index contributed by atoms with van der Waals surface area (Å²) in [6.07, 6.45) is 53.9. The van der Waals surface area contributed by atoms with Crippen molar-refractivity contribution in [1.82, 2.24) is 0 Å². The van der Waals surface area contributed by atoms with E-state index in [0.29, 0.717) is 19.3 Å². The predicted molar refractivity (Wildman–Crippen MR) is 289 cm³/mol. The van der Waals surface area contributed by atoms with Crippen LogP contribution in [0.2, 0.25) is 0 Å². The molecule has 0 heterocycles. The number of unbranched alkanes of at least 4 members (excludes halogenated alkanes) is 31. The van der Waals surface area contributed by atoms with Crippen molar-refractivity contribution in [3.63, 3.8) is 0 Å². The first-order valence-corrected chi connectivity index (χ1v) is 30.4. The van der Waals surface area contributed by atoms with E-state index in [1.54, 1.807) is 0 Å². The fraction of sp³-hybridized carbons (Fsp3) is 0.845. The zero-order valence-electron chi connectivity index (χ0n) is 45.2. The standard InChI is InChI=1S/C58H107O11P/c1-4-7-10-13-16-19-21-23-25-27-29-31-33-36-38-41-44-47-56(60)65-51-55(69-58(62)49-46-43-40-37-34-32-30-28-26-24-22-20-17-14-11-8-5-2)53-67-70(63,64)66-52-54(50-59)68-57(61)48-45-42-39-35-18-15-12-9-6-3/h17,20,23-26,54-55,59H,4-16,18-19,21-22,27-53H2,1-3H3,(H,63,64)/b20-17-,25-23-,26-24-. The molecular weight excluding hydrogens is 904 g/mol. The monoisotopic (exact) mass is 1010 g/mol. The second-order valence-electron chi connectivity index (χ2n) is 19.5. The Bertz CT molecular complexity index is 1320. The maximum Gasteiger partial charge on any atom is 0.472 e. The first kappa shape index (κ1) is 67.7. The Labute approximate surface area is 429 Å². The van der Waals surface area contributed by atoms with Crippen LogP contribution in [0.3, 0.4) is 0 Å². The highest BCUT2D eigenvalue weighted by Gasteiger charge is 2.28. The Morgan fingerprint density at radius 3 is 1.10 bits per heavy atom. The molecule has 0 fully saturated rings. The van der Waals surface area contributed by atoms with E-state index < -0.39 is 57.8 Å². The van der Waals surface area contributed by atoms with Crippen LogP contribution in [0.4, 0.5) is 0 Å². The van der Waals surface area contributed by atoms with Crippen molar-refractivity contribution < 1.29 is 52.2 Å². The van der Waals surface area contributed by atoms with Gasteiger partial charge >= 0.3 is 25.7 Å². The molecule has 3 unspecified atom stereocenters. The van der Waals surface area contributed by atoms with Gasteiger partial charge in [-0.25, -0.2) is 4.57 Å². The Balaban J connectivity index is 4.71. The fourth-order valence-electron chi connectivity index (χ4n) is 8.09. The van der Waals surface area contributed by atoms with E-state index in [1.165, 1.54) is 135 Å². The van der Waals surface area contributed by atoms with Crippen LogP contribution in [0.1, 0.15) is 278 Å². The van der Waals surface area contributed by atoms with Crippen LogP contribution in [0.25, 0.3) is 0 Å². The minimum Gasteiger partial charge on any atom is -0.462 e. The van der Waals surface area contributed by atoms with Crippen molar-refractivity contribution in [2.24, 2.45) is 0 Å². The van der Waals surface area contributed by atoms with Crippen LogP contribution >= 0.6 is 7.82 Å². The summed E-state index contributed by atoms with van der Waals surface area (Å²) in [5.41, 5.74) is 0. The highest BCUT2D eigenvalue weighted by atomic mass is 31.2. The molecule has 12 heteroatoms. The molecule has 0 saturated heterocycles. The third-order valence-electron chi connectivity index (χ3n) is 12.5. The molecule has 0 aromatic rings. The first-order chi connectivity index (χ1) is 34.2. The van der Waals surface area contributed by atoms with Gasteiger partial charge in [0.25, 0.3) is 0 Å². The van der Waals surface area contributed by atoms with E-state index in [0.717, 1.165) is 83.5 Å². The number of phosphoric ester groups is 1. The number of phosphoric acid groups is 1. The number of aliphatic hydroxyl groups is 1. The van der Waals surface area contributed by atoms with Crippen LogP contribution < -0.4 is 0 Å². The van der Waals surface area contributed by atoms with Gasteiger partial charge in [-0.15, -0.1) is 0 Å². The third-order valence-corrected chi connectivity index (χ3v) is 13.5. The van der Waals surface area contributed by atoms with Crippen molar-refractivity contribution in [3.8, 4) is 0 Å². The number of hydrogen-bond donors (Lipinski definition) is 2. The summed E-state index contributed by atoms with van der Waals surface area (Å²) in [7, 11) is -4.74. The van der Waals surface area contributed by atoms with E-state index in [-0.39, 0.29) is 25.9 Å². The molecule has 0 bridgehead atoms. The molecule has 0 amide bonds. The molecule has 0 radical (unpaired) electrons. The maximum atomic E-state index is 12.9. The lowest BCUT2D eigenvalue weighted by Crippen LogP contribution is -2.30. The number of carbonyl (C=O) groups excluding carboxylic acids is 3. The normalized spacial score (nSPS) is 13.6. The van der Waals surface area contributed by atoms with E-state index in [4.69, 9.17) is 23.3 Å². The summed E-state index contributed by atoms with van der Waals surface area (Å²) in [5, 5.41) is 9.77. The van der Waals surface area contributed by atoms with E-state index in [2.05, 4.69) is 57.2 Å². The topological polar surface area (TPSA) is 155 Å². The molecule has 2 N–H and O–H groups in total. The quantitative estimate of drug-likeness (QED) is 0.0197. The van der Waals surface area contributed by atoms with Crippen molar-refractivity contribution in [3.05, 3.63) is 36.5 Å². The number of carbonyl (C=O) groups is 3. The molecule has 0 aromatic carbocycles. The second-order valence-corrected chi connectivity index (χ2v) is 20.9. The Morgan fingerprint density at radius 2 is 0.700 bits per heavy atom. The molecule has 0 saturated carbocycles. The summed E-state index contributed by atoms with van der Waals surface area (Å²) in [6, 6.07) is 0. The van der Waals surface area contributed by atoms with Crippen LogP contribution in [0, 0.1) is 0 Å². The molecular formula is C58H107O11P. The van der Waals surface area contributed by atoms with Crippen molar-refractivity contribution >= 4 is 25.7 Å². The molecule has 0 aliphatic carbocycles. The predicted octanol–water partition coefficient (Wildman–Crippen LogP) is 16.8. The summed E-state index contributed by atoms with van der Waals surface area (Å²) in [4.78, 5) is 48.4. The summed E-state index contributed by atoms with van der Waals surface area (Å²) < 4.78 is 39.4. The Hall–Kier alpha value is -2.30. The summed E-state index contributed by atoms with van der Waals surface area (Å²) >= 11 is 0. The minimum absolute atomic E-state index is 0.161. The first-order valence-electron chi connectivity index (χ1n) is 28.9. The minimum atomic E-state index is -4.74. The van der Waals surface area contributed by atoms with Gasteiger partial charge in [0.05, 0.1) is 19.8 Å². The lowest BCUT2D eigenvalue weighted by molar-refractivity contribution is -0.161. The highest BCUT2D eigenvalue weighted by Crippen LogP contribution is 2.43. The molecule has 11 nitrogen and oxygen atoms in total. The largest absolute Gasteiger partial charge is 0.472 e. The van der Waals surface area contributed by atoms with Crippen LogP contribution in [0.15, 0.2) is 36.5 Å². The van der Waals surface area contributed by atoms with Gasteiger partial charge < -0.3 is 24.2 Å². The number of esters is 3. The number of ether oxygens (including phenoxy) is 3. The molecule has 70 heavy (non-hydrogen) atoms. The Kier molecular flexibility index (Phi) is 51.3. The zero-order chi connectivity index (χ0) is 51.3. The summed E-state index contributed by atoms with van der Waals surface area (Å²) in [5.74, 6) is -1.46. The zero-order valence-corrected chi connectivity index (χ0v) is 46.1. The number of aliphatic hydroxyl groups excluding tert-OH is 1. The Morgan fingerprint density at radius 1 is 0.400 bits per heavy atom. The fourth-order valence-corrected chi connectivity index (χ4v) is 8.87. The van der Waals surface area contributed by atoms with Crippen molar-refractivity contribution in [2.45, 2.75) is 290 Å². The maximum absolute atomic E-state index is 12.9. The lowest BCUT2D eigenvalue weighted by atomic mass is 10.1. The van der Waals surface area contributed by atoms with Crippen LogP contribution in [-0.4, -0.2) is 66.5 Å². The highest BCUT2D eigenvalue weighted by molar-refractivity contribution is 7.47. The van der Waals surface area contributed by atoms with Gasteiger partial charge in [-0.05, 0) is 77.0 Å². The lowest BCUT2D eigenvalue weighted by Gasteiger charge is -2.21. The van der Waals surface area contributed by atoms with Gasteiger partial charge in [-0.1, -0.05) is 218 Å². The van der Waals surface area contributed by atoms with Crippen LogP contribution in [0.5, 0.6) is 0 Å². The van der Waals surface area contributed by atoms with Gasteiger partial charge in [0.15, 0.2) is 6.10 Å². The van der Waals surface area contributed by atoms with E-state index in [1.807, 2.05) is 0 Å². The molecule has 0 spiro atoms. The van der Waals surface area contributed by atoms with E-state index >= 15 is 0 Å².